The van der Waals surface area contributed by atoms with Crippen molar-refractivity contribution in [3.05, 3.63) is 16.2 Å². The van der Waals surface area contributed by atoms with Crippen molar-refractivity contribution in [2.45, 2.75) is 33.4 Å². The molecule has 0 saturated heterocycles. The van der Waals surface area contributed by atoms with Crippen molar-refractivity contribution in [1.82, 2.24) is 25.1 Å². The molecule has 0 aromatic carbocycles. The van der Waals surface area contributed by atoms with Gasteiger partial charge in [0.25, 0.3) is 0 Å². The summed E-state index contributed by atoms with van der Waals surface area (Å²) in [6, 6.07) is 0. The molecular weight excluding hydrogens is 246 g/mol. The number of fused-ring (bicyclic) bond motifs is 1. The van der Waals surface area contributed by atoms with Crippen molar-refractivity contribution in [2.75, 3.05) is 6.54 Å². The first-order valence-electron chi connectivity index (χ1n) is 6.31. The molecule has 6 heteroatoms. The number of hydrogen-bond donors (Lipinski definition) is 1. The van der Waals surface area contributed by atoms with Gasteiger partial charge in [0.2, 0.25) is 0 Å². The van der Waals surface area contributed by atoms with Gasteiger partial charge < -0.3 is 9.88 Å². The van der Waals surface area contributed by atoms with Crippen LogP contribution < -0.4 is 5.32 Å². The van der Waals surface area contributed by atoms with Gasteiger partial charge in [0.15, 0.2) is 5.82 Å². The Morgan fingerprint density at radius 2 is 2.33 bits per heavy atom. The van der Waals surface area contributed by atoms with Crippen LogP contribution in [0, 0.1) is 5.92 Å². The van der Waals surface area contributed by atoms with E-state index in [1.165, 1.54) is 5.01 Å². The molecule has 1 N–H and O–H groups in total. The van der Waals surface area contributed by atoms with Crippen LogP contribution in [0.15, 0.2) is 5.38 Å². The summed E-state index contributed by atoms with van der Waals surface area (Å²) in [5.41, 5.74) is 0.969. The summed E-state index contributed by atoms with van der Waals surface area (Å²) in [6.45, 7) is 7.13. The summed E-state index contributed by atoms with van der Waals surface area (Å²) < 4.78 is 2.17. The lowest BCUT2D eigenvalue weighted by molar-refractivity contribution is 0.508. The first-order valence-corrected chi connectivity index (χ1v) is 7.19. The predicted molar refractivity (Wildman–Crippen MR) is 71.4 cm³/mol. The average Bonchev–Trinajstić information content (AvgIpc) is 2.94. The molecule has 0 bridgehead atoms. The zero-order valence-electron chi connectivity index (χ0n) is 10.7. The maximum absolute atomic E-state index is 4.68. The normalized spacial score (nSPS) is 15.1. The monoisotopic (exact) mass is 263 g/mol. The van der Waals surface area contributed by atoms with Crippen LogP contribution in [-0.2, 0) is 19.5 Å². The van der Waals surface area contributed by atoms with Crippen molar-refractivity contribution >= 4 is 11.3 Å². The quantitative estimate of drug-likeness (QED) is 0.916. The highest BCUT2D eigenvalue weighted by molar-refractivity contribution is 7.09. The first-order chi connectivity index (χ1) is 8.74. The molecule has 0 atom stereocenters. The molecule has 96 valence electrons. The van der Waals surface area contributed by atoms with Crippen molar-refractivity contribution in [3.63, 3.8) is 0 Å². The van der Waals surface area contributed by atoms with Gasteiger partial charge in [0, 0.05) is 24.9 Å². The molecule has 3 heterocycles. The number of nitrogens with zero attached hydrogens (tertiary/aromatic N) is 4. The molecule has 0 fully saturated rings. The van der Waals surface area contributed by atoms with E-state index in [4.69, 9.17) is 0 Å². The molecular formula is C12H17N5S. The molecule has 0 unspecified atom stereocenters. The van der Waals surface area contributed by atoms with E-state index in [9.17, 15) is 0 Å². The summed E-state index contributed by atoms with van der Waals surface area (Å²) in [5, 5.41) is 15.1. The molecule has 0 aliphatic carbocycles. The van der Waals surface area contributed by atoms with Crippen LogP contribution in [0.3, 0.4) is 0 Å². The molecule has 18 heavy (non-hydrogen) atoms. The van der Waals surface area contributed by atoms with Crippen molar-refractivity contribution in [1.29, 1.82) is 0 Å². The SMILES string of the molecule is CC(C)Cc1nc(-c2nnc3n2CCNC3)cs1. The van der Waals surface area contributed by atoms with Crippen LogP contribution in [0.1, 0.15) is 24.7 Å². The number of aromatic nitrogens is 4. The van der Waals surface area contributed by atoms with Crippen LogP contribution in [0.5, 0.6) is 0 Å². The zero-order valence-corrected chi connectivity index (χ0v) is 11.5. The maximum Gasteiger partial charge on any atom is 0.183 e. The summed E-state index contributed by atoms with van der Waals surface area (Å²) in [5.74, 6) is 2.56. The van der Waals surface area contributed by atoms with Gasteiger partial charge in [-0.2, -0.15) is 0 Å². The topological polar surface area (TPSA) is 55.6 Å². The molecule has 3 rings (SSSR count). The molecule has 1 aliphatic heterocycles. The second-order valence-corrected chi connectivity index (χ2v) is 5.94. The average molecular weight is 263 g/mol. The molecule has 2 aromatic heterocycles. The number of thiazole rings is 1. The van der Waals surface area contributed by atoms with Gasteiger partial charge in [-0.05, 0) is 5.92 Å². The lowest BCUT2D eigenvalue weighted by Crippen LogP contribution is -2.28. The van der Waals surface area contributed by atoms with Crippen LogP contribution in [-0.4, -0.2) is 26.3 Å². The van der Waals surface area contributed by atoms with Gasteiger partial charge in [-0.1, -0.05) is 13.8 Å². The third-order valence-electron chi connectivity index (χ3n) is 2.99. The number of hydrogen-bond acceptors (Lipinski definition) is 5. The van der Waals surface area contributed by atoms with Crippen LogP contribution in [0.25, 0.3) is 11.5 Å². The standard InChI is InChI=1S/C12H17N5S/c1-8(2)5-11-14-9(7-18-11)12-16-15-10-6-13-3-4-17(10)12/h7-8,13H,3-6H2,1-2H3. The van der Waals surface area contributed by atoms with E-state index >= 15 is 0 Å². The minimum absolute atomic E-state index is 0.639. The zero-order chi connectivity index (χ0) is 12.5. The number of nitrogens with one attached hydrogen (secondary N) is 1. The van der Waals surface area contributed by atoms with Gasteiger partial charge in [-0.3, -0.25) is 0 Å². The van der Waals surface area contributed by atoms with Gasteiger partial charge >= 0.3 is 0 Å². The fourth-order valence-corrected chi connectivity index (χ4v) is 3.12. The molecule has 0 spiro atoms. The van der Waals surface area contributed by atoms with Crippen LogP contribution >= 0.6 is 11.3 Å². The minimum atomic E-state index is 0.639. The van der Waals surface area contributed by atoms with Crippen molar-refractivity contribution < 1.29 is 0 Å². The lowest BCUT2D eigenvalue weighted by atomic mass is 10.1. The highest BCUT2D eigenvalue weighted by Crippen LogP contribution is 2.23. The molecule has 5 nitrogen and oxygen atoms in total. The summed E-state index contributed by atoms with van der Waals surface area (Å²) in [6.07, 6.45) is 1.03. The largest absolute Gasteiger partial charge is 0.308 e. The van der Waals surface area contributed by atoms with E-state index in [1.54, 1.807) is 11.3 Å². The highest BCUT2D eigenvalue weighted by Gasteiger charge is 2.18. The van der Waals surface area contributed by atoms with E-state index in [-0.39, 0.29) is 0 Å². The Morgan fingerprint density at radius 3 is 3.17 bits per heavy atom. The van der Waals surface area contributed by atoms with Crippen molar-refractivity contribution in [3.8, 4) is 11.5 Å². The van der Waals surface area contributed by atoms with E-state index in [1.807, 2.05) is 0 Å². The second kappa shape index (κ2) is 4.78. The molecule has 0 amide bonds. The first kappa shape index (κ1) is 11.8. The molecule has 0 radical (unpaired) electrons. The summed E-state index contributed by atoms with van der Waals surface area (Å²) in [7, 11) is 0. The van der Waals surface area contributed by atoms with Gasteiger partial charge in [-0.25, -0.2) is 4.98 Å². The van der Waals surface area contributed by atoms with Crippen molar-refractivity contribution in [2.24, 2.45) is 5.92 Å². The lowest BCUT2D eigenvalue weighted by Gasteiger charge is -2.15. The molecule has 1 aliphatic rings. The van der Waals surface area contributed by atoms with Gasteiger partial charge in [0.1, 0.15) is 11.5 Å². The van der Waals surface area contributed by atoms with Crippen LogP contribution in [0.2, 0.25) is 0 Å². The Labute approximate surface area is 110 Å². The summed E-state index contributed by atoms with van der Waals surface area (Å²) in [4.78, 5) is 4.68. The van der Waals surface area contributed by atoms with Gasteiger partial charge in [-0.15, -0.1) is 21.5 Å². The van der Waals surface area contributed by atoms with Gasteiger partial charge in [0.05, 0.1) is 11.6 Å². The third kappa shape index (κ3) is 2.18. The Kier molecular flexibility index (Phi) is 3.13. The Bertz CT molecular complexity index is 542. The summed E-state index contributed by atoms with van der Waals surface area (Å²) >= 11 is 1.72. The smallest absolute Gasteiger partial charge is 0.183 e. The van der Waals surface area contributed by atoms with E-state index in [0.29, 0.717) is 5.92 Å². The Morgan fingerprint density at radius 1 is 1.44 bits per heavy atom. The molecule has 0 saturated carbocycles. The number of rotatable bonds is 3. The highest BCUT2D eigenvalue weighted by atomic mass is 32.1. The van der Waals surface area contributed by atoms with E-state index in [0.717, 1.165) is 43.4 Å². The minimum Gasteiger partial charge on any atom is -0.308 e. The fourth-order valence-electron chi connectivity index (χ4n) is 2.14. The van der Waals surface area contributed by atoms with Crippen LogP contribution in [0.4, 0.5) is 0 Å². The van der Waals surface area contributed by atoms with E-state index in [2.05, 4.69) is 44.3 Å². The predicted octanol–water partition coefficient (Wildman–Crippen LogP) is 1.70. The Hall–Kier alpha value is -1.27. The third-order valence-corrected chi connectivity index (χ3v) is 3.86. The molecule has 2 aromatic rings. The maximum atomic E-state index is 4.68. The fraction of sp³-hybridized carbons (Fsp3) is 0.583. The Balaban J connectivity index is 1.90. The second-order valence-electron chi connectivity index (χ2n) is 4.99. The van der Waals surface area contributed by atoms with E-state index < -0.39 is 0 Å².